The Balaban J connectivity index is 2.81. The number of rotatable bonds is 0. The van der Waals surface area contributed by atoms with Gasteiger partial charge in [-0.1, -0.05) is 47.6 Å². The number of H-pyrrole nitrogens is 1. The Hall–Kier alpha value is -1.75. The van der Waals surface area contributed by atoms with Gasteiger partial charge >= 0.3 is 0 Å². The molecule has 1 aromatic carbocycles. The maximum Gasteiger partial charge on any atom is 0.192 e. The van der Waals surface area contributed by atoms with Crippen LogP contribution in [0, 0.1) is 6.57 Å². The SMILES string of the molecule is [C-]#[N+]c1cc2[nH]cc(C(C)(C)C)c2cc1C(C)(C)C. The van der Waals surface area contributed by atoms with Gasteiger partial charge in [-0.2, -0.15) is 0 Å². The molecule has 1 heterocycles. The van der Waals surface area contributed by atoms with Gasteiger partial charge in [0.2, 0.25) is 0 Å². The summed E-state index contributed by atoms with van der Waals surface area (Å²) in [5.41, 5.74) is 4.34. The molecule has 19 heavy (non-hydrogen) atoms. The summed E-state index contributed by atoms with van der Waals surface area (Å²) in [6, 6.07) is 4.18. The number of hydrogen-bond donors (Lipinski definition) is 1. The van der Waals surface area contributed by atoms with Gasteiger partial charge in [-0.15, -0.1) is 0 Å². The van der Waals surface area contributed by atoms with Crippen molar-refractivity contribution in [3.63, 3.8) is 0 Å². The van der Waals surface area contributed by atoms with Crippen LogP contribution in [0.4, 0.5) is 5.69 Å². The van der Waals surface area contributed by atoms with E-state index in [1.165, 1.54) is 10.9 Å². The first-order valence-corrected chi connectivity index (χ1v) is 6.68. The Morgan fingerprint density at radius 2 is 1.53 bits per heavy atom. The second-order valence-electron chi connectivity index (χ2n) is 7.23. The van der Waals surface area contributed by atoms with Crippen molar-refractivity contribution in [2.24, 2.45) is 0 Å². The zero-order valence-electron chi connectivity index (χ0n) is 12.7. The van der Waals surface area contributed by atoms with Crippen molar-refractivity contribution in [3.8, 4) is 0 Å². The summed E-state index contributed by atoms with van der Waals surface area (Å²) in [6.07, 6.45) is 2.07. The third kappa shape index (κ3) is 2.38. The smallest absolute Gasteiger partial charge is 0.192 e. The lowest BCUT2D eigenvalue weighted by atomic mass is 9.82. The van der Waals surface area contributed by atoms with Gasteiger partial charge in [-0.3, -0.25) is 0 Å². The third-order valence-electron chi connectivity index (χ3n) is 3.53. The molecule has 2 nitrogen and oxygen atoms in total. The van der Waals surface area contributed by atoms with Crippen LogP contribution in [0.2, 0.25) is 0 Å². The lowest BCUT2D eigenvalue weighted by Gasteiger charge is -2.23. The molecule has 1 aromatic heterocycles. The van der Waals surface area contributed by atoms with Crippen molar-refractivity contribution >= 4 is 16.6 Å². The van der Waals surface area contributed by atoms with Crippen LogP contribution in [-0.2, 0) is 10.8 Å². The van der Waals surface area contributed by atoms with Crippen LogP contribution >= 0.6 is 0 Å². The monoisotopic (exact) mass is 254 g/mol. The van der Waals surface area contributed by atoms with Crippen LogP contribution < -0.4 is 0 Å². The van der Waals surface area contributed by atoms with Gasteiger partial charge in [0.15, 0.2) is 5.69 Å². The lowest BCUT2D eigenvalue weighted by Crippen LogP contribution is -2.12. The zero-order valence-corrected chi connectivity index (χ0v) is 12.7. The van der Waals surface area contributed by atoms with E-state index in [0.717, 1.165) is 16.8 Å². The van der Waals surface area contributed by atoms with Crippen molar-refractivity contribution in [3.05, 3.63) is 40.9 Å². The van der Waals surface area contributed by atoms with Crippen molar-refractivity contribution < 1.29 is 0 Å². The molecule has 0 saturated heterocycles. The van der Waals surface area contributed by atoms with Crippen LogP contribution in [0.3, 0.4) is 0 Å². The average molecular weight is 254 g/mol. The molecule has 0 bridgehead atoms. The lowest BCUT2D eigenvalue weighted by molar-refractivity contribution is 0.589. The molecule has 0 aliphatic rings. The maximum atomic E-state index is 7.38. The molecular weight excluding hydrogens is 232 g/mol. The number of fused-ring (bicyclic) bond motifs is 1. The van der Waals surface area contributed by atoms with E-state index in [1.807, 2.05) is 6.07 Å². The highest BCUT2D eigenvalue weighted by Gasteiger charge is 2.23. The second-order valence-corrected chi connectivity index (χ2v) is 7.23. The molecule has 0 atom stereocenters. The van der Waals surface area contributed by atoms with E-state index in [2.05, 4.69) is 63.6 Å². The summed E-state index contributed by atoms with van der Waals surface area (Å²) in [5.74, 6) is 0. The van der Waals surface area contributed by atoms with E-state index < -0.39 is 0 Å². The molecule has 0 aliphatic carbocycles. The molecule has 2 heteroatoms. The van der Waals surface area contributed by atoms with Crippen LogP contribution in [0.15, 0.2) is 18.3 Å². The molecule has 2 rings (SSSR count). The Morgan fingerprint density at radius 1 is 0.947 bits per heavy atom. The summed E-state index contributed by atoms with van der Waals surface area (Å²) in [6.45, 7) is 20.5. The minimum absolute atomic E-state index is 0.0134. The van der Waals surface area contributed by atoms with E-state index in [4.69, 9.17) is 6.57 Å². The summed E-state index contributed by atoms with van der Waals surface area (Å²) in [5, 5.41) is 1.24. The highest BCUT2D eigenvalue weighted by atomic mass is 14.7. The topological polar surface area (TPSA) is 20.1 Å². The third-order valence-corrected chi connectivity index (χ3v) is 3.53. The molecule has 2 aromatic rings. The number of nitrogens with zero attached hydrogens (tertiary/aromatic N) is 1. The van der Waals surface area contributed by atoms with Crippen molar-refractivity contribution in [2.75, 3.05) is 0 Å². The second kappa shape index (κ2) is 4.13. The number of aromatic amines is 1. The average Bonchev–Trinajstić information content (AvgIpc) is 2.68. The molecule has 1 N–H and O–H groups in total. The van der Waals surface area contributed by atoms with E-state index in [-0.39, 0.29) is 10.8 Å². The minimum Gasteiger partial charge on any atom is -0.362 e. The van der Waals surface area contributed by atoms with Gasteiger partial charge in [-0.05, 0) is 28.0 Å². The number of aromatic nitrogens is 1. The highest BCUT2D eigenvalue weighted by molar-refractivity contribution is 5.89. The van der Waals surface area contributed by atoms with Crippen molar-refractivity contribution in [1.29, 1.82) is 0 Å². The molecule has 0 saturated carbocycles. The summed E-state index contributed by atoms with van der Waals surface area (Å²) in [4.78, 5) is 6.99. The van der Waals surface area contributed by atoms with E-state index in [9.17, 15) is 0 Å². The van der Waals surface area contributed by atoms with Crippen LogP contribution in [-0.4, -0.2) is 4.98 Å². The summed E-state index contributed by atoms with van der Waals surface area (Å²) in [7, 11) is 0. The molecule has 0 unspecified atom stereocenters. The molecule has 100 valence electrons. The molecule has 0 spiro atoms. The Morgan fingerprint density at radius 3 is 2.00 bits per heavy atom. The van der Waals surface area contributed by atoms with Crippen LogP contribution in [0.5, 0.6) is 0 Å². The van der Waals surface area contributed by atoms with Gasteiger partial charge in [0.25, 0.3) is 0 Å². The summed E-state index contributed by atoms with van der Waals surface area (Å²) < 4.78 is 0. The van der Waals surface area contributed by atoms with Crippen LogP contribution in [0.1, 0.15) is 52.7 Å². The van der Waals surface area contributed by atoms with Gasteiger partial charge in [0.1, 0.15) is 0 Å². The number of nitrogens with one attached hydrogen (secondary N) is 1. The quantitative estimate of drug-likeness (QED) is 0.614. The molecular formula is C17H22N2. The van der Waals surface area contributed by atoms with E-state index in [0.29, 0.717) is 0 Å². The predicted octanol–water partition coefficient (Wildman–Crippen LogP) is 5.31. The fourth-order valence-electron chi connectivity index (χ4n) is 2.47. The normalized spacial score (nSPS) is 12.7. The predicted molar refractivity (Wildman–Crippen MR) is 82.0 cm³/mol. The van der Waals surface area contributed by atoms with Gasteiger partial charge < -0.3 is 4.98 Å². The standard InChI is InChI=1S/C17H22N2/c1-16(2,3)12-8-11-13(17(4,5)6)10-19-14(11)9-15(12)18-7/h8-10,19H,1-6H3. The highest BCUT2D eigenvalue weighted by Crippen LogP contribution is 2.38. The fraction of sp³-hybridized carbons (Fsp3) is 0.471. The molecule has 0 amide bonds. The van der Waals surface area contributed by atoms with Gasteiger partial charge in [0.05, 0.1) is 6.57 Å². The van der Waals surface area contributed by atoms with E-state index >= 15 is 0 Å². The minimum atomic E-state index is -0.0134. The maximum absolute atomic E-state index is 7.38. The summed E-state index contributed by atoms with van der Waals surface area (Å²) >= 11 is 0. The van der Waals surface area contributed by atoms with Crippen LogP contribution in [0.25, 0.3) is 15.7 Å². The first-order valence-electron chi connectivity index (χ1n) is 6.68. The van der Waals surface area contributed by atoms with Gasteiger partial charge in [0, 0.05) is 17.1 Å². The molecule has 0 radical (unpaired) electrons. The fourth-order valence-corrected chi connectivity index (χ4v) is 2.47. The van der Waals surface area contributed by atoms with Crippen molar-refractivity contribution in [1.82, 2.24) is 4.98 Å². The largest absolute Gasteiger partial charge is 0.362 e. The Labute approximate surface area is 115 Å². The first-order chi connectivity index (χ1) is 8.64. The van der Waals surface area contributed by atoms with Crippen molar-refractivity contribution in [2.45, 2.75) is 52.4 Å². The molecule has 0 fully saturated rings. The zero-order chi connectivity index (χ0) is 14.4. The molecule has 0 aliphatic heterocycles. The van der Waals surface area contributed by atoms with E-state index in [1.54, 1.807) is 0 Å². The Kier molecular flexibility index (Phi) is 2.97. The Bertz CT molecular complexity index is 655. The van der Waals surface area contributed by atoms with Gasteiger partial charge in [-0.25, -0.2) is 4.85 Å². The first kappa shape index (κ1) is 13.7. The number of hydrogen-bond acceptors (Lipinski definition) is 0. The number of benzene rings is 1.